The molecule has 1 aliphatic rings. The molecule has 0 aromatic heterocycles. The van der Waals surface area contributed by atoms with Gasteiger partial charge in [0.2, 0.25) is 15.9 Å². The second-order valence-corrected chi connectivity index (χ2v) is 8.36. The summed E-state index contributed by atoms with van der Waals surface area (Å²) in [6.07, 6.45) is 0. The van der Waals surface area contributed by atoms with Gasteiger partial charge in [0.05, 0.1) is 4.90 Å². The van der Waals surface area contributed by atoms with E-state index in [0.717, 1.165) is 11.1 Å². The molecule has 1 amide bonds. The van der Waals surface area contributed by atoms with Gasteiger partial charge in [-0.3, -0.25) is 4.79 Å². The van der Waals surface area contributed by atoms with Gasteiger partial charge in [-0.15, -0.1) is 0 Å². The molecular weight excluding hydrogens is 326 g/mol. The molecule has 1 aliphatic heterocycles. The first-order chi connectivity index (χ1) is 11.3. The highest BCUT2D eigenvalue weighted by atomic mass is 32.2. The quantitative estimate of drug-likeness (QED) is 0.857. The van der Waals surface area contributed by atoms with Crippen LogP contribution in [0.2, 0.25) is 0 Å². The van der Waals surface area contributed by atoms with Crippen molar-refractivity contribution in [3.05, 3.63) is 29.3 Å². The predicted molar refractivity (Wildman–Crippen MR) is 94.3 cm³/mol. The van der Waals surface area contributed by atoms with Gasteiger partial charge >= 0.3 is 0 Å². The van der Waals surface area contributed by atoms with Gasteiger partial charge < -0.3 is 10.2 Å². The Morgan fingerprint density at radius 1 is 1.21 bits per heavy atom. The molecule has 7 heteroatoms. The van der Waals surface area contributed by atoms with Crippen LogP contribution < -0.4 is 5.32 Å². The Hall–Kier alpha value is -1.44. The topological polar surface area (TPSA) is 69.7 Å². The van der Waals surface area contributed by atoms with Crippen LogP contribution in [-0.4, -0.2) is 63.3 Å². The molecule has 134 valence electrons. The van der Waals surface area contributed by atoms with Crippen LogP contribution in [0.4, 0.5) is 0 Å². The zero-order valence-electron chi connectivity index (χ0n) is 14.9. The number of carbonyl (C=O) groups excluding carboxylic acids is 1. The summed E-state index contributed by atoms with van der Waals surface area (Å²) in [5.74, 6) is -0.0229. The minimum atomic E-state index is -3.51. The Morgan fingerprint density at radius 3 is 2.42 bits per heavy atom. The molecule has 0 radical (unpaired) electrons. The molecule has 2 rings (SSSR count). The lowest BCUT2D eigenvalue weighted by atomic mass is 10.1. The minimum absolute atomic E-state index is 0.0770. The molecule has 1 unspecified atom stereocenters. The van der Waals surface area contributed by atoms with Crippen LogP contribution in [0.3, 0.4) is 0 Å². The third kappa shape index (κ3) is 3.96. The third-order valence-electron chi connectivity index (χ3n) is 4.44. The van der Waals surface area contributed by atoms with Crippen LogP contribution in [0.1, 0.15) is 18.1 Å². The van der Waals surface area contributed by atoms with E-state index in [1.54, 1.807) is 11.0 Å². The number of nitrogens with one attached hydrogen (secondary N) is 1. The van der Waals surface area contributed by atoms with Gasteiger partial charge in [0.1, 0.15) is 0 Å². The molecule has 1 fully saturated rings. The Bertz CT molecular complexity index is 695. The van der Waals surface area contributed by atoms with Gasteiger partial charge in [-0.2, -0.15) is 4.31 Å². The Morgan fingerprint density at radius 2 is 1.83 bits per heavy atom. The van der Waals surface area contributed by atoms with Crippen LogP contribution in [0, 0.1) is 19.8 Å². The van der Waals surface area contributed by atoms with Gasteiger partial charge in [-0.1, -0.05) is 19.1 Å². The predicted octanol–water partition coefficient (Wildman–Crippen LogP) is 0.992. The molecule has 0 spiro atoms. The second-order valence-electron chi connectivity index (χ2n) is 6.46. The van der Waals surface area contributed by atoms with Gasteiger partial charge in [0.25, 0.3) is 0 Å². The van der Waals surface area contributed by atoms with E-state index in [-0.39, 0.29) is 11.8 Å². The van der Waals surface area contributed by atoms with Crippen molar-refractivity contribution in [2.45, 2.75) is 25.7 Å². The molecule has 24 heavy (non-hydrogen) atoms. The molecular formula is C17H27N3O3S. The molecule has 1 aromatic rings. The Balaban J connectivity index is 2.08. The lowest BCUT2D eigenvalue weighted by molar-refractivity contribution is -0.136. The number of carbonyl (C=O) groups is 1. The van der Waals surface area contributed by atoms with Crippen LogP contribution in [0.25, 0.3) is 0 Å². The number of nitrogens with zero attached hydrogens (tertiary/aromatic N) is 2. The molecule has 1 aromatic carbocycles. The van der Waals surface area contributed by atoms with Gasteiger partial charge in [0, 0.05) is 38.6 Å². The number of aryl methyl sites for hydroxylation is 2. The van der Waals surface area contributed by atoms with E-state index in [9.17, 15) is 13.2 Å². The van der Waals surface area contributed by atoms with E-state index in [0.29, 0.717) is 37.6 Å². The highest BCUT2D eigenvalue weighted by molar-refractivity contribution is 7.89. The first-order valence-electron chi connectivity index (χ1n) is 8.28. The van der Waals surface area contributed by atoms with E-state index in [1.165, 1.54) is 4.31 Å². The maximum Gasteiger partial charge on any atom is 0.243 e. The normalized spacial score (nSPS) is 17.8. The summed E-state index contributed by atoms with van der Waals surface area (Å²) in [4.78, 5) is 14.5. The number of amides is 1. The second kappa shape index (κ2) is 7.63. The van der Waals surface area contributed by atoms with Crippen LogP contribution >= 0.6 is 0 Å². The van der Waals surface area contributed by atoms with Crippen molar-refractivity contribution in [1.29, 1.82) is 0 Å². The summed E-state index contributed by atoms with van der Waals surface area (Å²) in [5.41, 5.74) is 1.68. The SMILES string of the molecule is CNCC(C)C(=O)N1CCN(S(=O)(=O)c2cc(C)ccc2C)CC1. The van der Waals surface area contributed by atoms with Crippen molar-refractivity contribution < 1.29 is 13.2 Å². The molecule has 0 saturated carbocycles. The number of benzene rings is 1. The van der Waals surface area contributed by atoms with Crippen LogP contribution in [0.5, 0.6) is 0 Å². The monoisotopic (exact) mass is 353 g/mol. The van der Waals surface area contributed by atoms with Crippen molar-refractivity contribution in [3.8, 4) is 0 Å². The average Bonchev–Trinajstić information content (AvgIpc) is 2.56. The maximum absolute atomic E-state index is 12.9. The van der Waals surface area contributed by atoms with Crippen molar-refractivity contribution in [2.24, 2.45) is 5.92 Å². The highest BCUT2D eigenvalue weighted by Gasteiger charge is 2.32. The first-order valence-corrected chi connectivity index (χ1v) is 9.72. The Kier molecular flexibility index (Phi) is 6.01. The average molecular weight is 353 g/mol. The maximum atomic E-state index is 12.9. The van der Waals surface area contributed by atoms with Gasteiger partial charge in [-0.25, -0.2) is 8.42 Å². The number of piperazine rings is 1. The van der Waals surface area contributed by atoms with Crippen molar-refractivity contribution in [3.63, 3.8) is 0 Å². The van der Waals surface area contributed by atoms with E-state index in [2.05, 4.69) is 5.32 Å². The summed E-state index contributed by atoms with van der Waals surface area (Å²) < 4.78 is 27.3. The number of hydrogen-bond donors (Lipinski definition) is 1. The van der Waals surface area contributed by atoms with Gasteiger partial charge in [-0.05, 0) is 38.1 Å². The summed E-state index contributed by atoms with van der Waals surface area (Å²) in [7, 11) is -1.69. The zero-order chi connectivity index (χ0) is 17.9. The molecule has 1 atom stereocenters. The highest BCUT2D eigenvalue weighted by Crippen LogP contribution is 2.22. The molecule has 0 aliphatic carbocycles. The lowest BCUT2D eigenvalue weighted by Gasteiger charge is -2.35. The molecule has 1 heterocycles. The van der Waals surface area contributed by atoms with Crippen molar-refractivity contribution in [1.82, 2.24) is 14.5 Å². The third-order valence-corrected chi connectivity index (χ3v) is 6.48. The minimum Gasteiger partial charge on any atom is -0.340 e. The lowest BCUT2D eigenvalue weighted by Crippen LogP contribution is -2.52. The fraction of sp³-hybridized carbons (Fsp3) is 0.588. The summed E-state index contributed by atoms with van der Waals surface area (Å²) >= 11 is 0. The van der Waals surface area contributed by atoms with Crippen molar-refractivity contribution in [2.75, 3.05) is 39.8 Å². The van der Waals surface area contributed by atoms with E-state index in [4.69, 9.17) is 0 Å². The summed E-state index contributed by atoms with van der Waals surface area (Å²) in [5, 5.41) is 3.00. The number of hydrogen-bond acceptors (Lipinski definition) is 4. The molecule has 6 nitrogen and oxygen atoms in total. The fourth-order valence-electron chi connectivity index (χ4n) is 2.98. The number of rotatable bonds is 5. The smallest absolute Gasteiger partial charge is 0.243 e. The zero-order valence-corrected chi connectivity index (χ0v) is 15.7. The van der Waals surface area contributed by atoms with Crippen molar-refractivity contribution >= 4 is 15.9 Å². The largest absolute Gasteiger partial charge is 0.340 e. The Labute approximate surface area is 144 Å². The summed E-state index contributed by atoms with van der Waals surface area (Å²) in [6, 6.07) is 5.47. The van der Waals surface area contributed by atoms with E-state index >= 15 is 0 Å². The molecule has 1 N–H and O–H groups in total. The first kappa shape index (κ1) is 18.9. The number of sulfonamides is 1. The van der Waals surface area contributed by atoms with Crippen LogP contribution in [0.15, 0.2) is 23.1 Å². The van der Waals surface area contributed by atoms with E-state index in [1.807, 2.05) is 40.0 Å². The van der Waals surface area contributed by atoms with E-state index < -0.39 is 10.0 Å². The standard InChI is InChI=1S/C17H27N3O3S/c1-13-5-6-14(2)16(11-13)24(22,23)20-9-7-19(8-10-20)17(21)15(3)12-18-4/h5-6,11,15,18H,7-10,12H2,1-4H3. The van der Waals surface area contributed by atoms with Gasteiger partial charge in [0.15, 0.2) is 0 Å². The molecule has 1 saturated heterocycles. The fourth-order valence-corrected chi connectivity index (χ4v) is 4.71. The van der Waals surface area contributed by atoms with Crippen LogP contribution in [-0.2, 0) is 14.8 Å². The molecule has 0 bridgehead atoms. The summed E-state index contributed by atoms with van der Waals surface area (Å²) in [6.45, 7) is 7.77.